The number of para-hydroxylation sites is 1. The first kappa shape index (κ1) is 14.5. The first-order valence-electron chi connectivity index (χ1n) is 6.27. The van der Waals surface area contributed by atoms with Crippen molar-refractivity contribution < 1.29 is 14.5 Å². The Morgan fingerprint density at radius 1 is 1.10 bits per heavy atom. The second-order valence-corrected chi connectivity index (χ2v) is 4.34. The van der Waals surface area contributed by atoms with Crippen molar-refractivity contribution in [1.82, 2.24) is 0 Å². The van der Waals surface area contributed by atoms with Gasteiger partial charge in [0.05, 0.1) is 10.5 Å². The van der Waals surface area contributed by atoms with Crippen LogP contribution in [-0.2, 0) is 0 Å². The summed E-state index contributed by atoms with van der Waals surface area (Å²) in [5, 5.41) is 10.7. The molecule has 0 heterocycles. The Kier molecular flexibility index (Phi) is 4.46. The van der Waals surface area contributed by atoms with Crippen molar-refractivity contribution in [2.45, 2.75) is 6.92 Å². The summed E-state index contributed by atoms with van der Waals surface area (Å²) < 4.78 is 5.31. The lowest BCUT2D eigenvalue weighted by Crippen LogP contribution is -2.09. The van der Waals surface area contributed by atoms with Crippen molar-refractivity contribution in [3.8, 4) is 5.75 Å². The van der Waals surface area contributed by atoms with Crippen LogP contribution in [0.25, 0.3) is 6.08 Å². The minimum Gasteiger partial charge on any atom is -0.422 e. The largest absolute Gasteiger partial charge is 0.422 e. The van der Waals surface area contributed by atoms with Gasteiger partial charge >= 0.3 is 5.97 Å². The molecule has 0 aliphatic carbocycles. The average molecular weight is 283 g/mol. The van der Waals surface area contributed by atoms with Gasteiger partial charge in [-0.15, -0.1) is 0 Å². The van der Waals surface area contributed by atoms with E-state index in [-0.39, 0.29) is 11.4 Å². The van der Waals surface area contributed by atoms with Gasteiger partial charge in [0.2, 0.25) is 5.70 Å². The molecule has 5 nitrogen and oxygen atoms in total. The third kappa shape index (κ3) is 3.76. The summed E-state index contributed by atoms with van der Waals surface area (Å²) in [6.07, 6.45) is 1.37. The zero-order valence-corrected chi connectivity index (χ0v) is 11.4. The lowest BCUT2D eigenvalue weighted by molar-refractivity contribution is -0.422. The van der Waals surface area contributed by atoms with Gasteiger partial charge in [0.1, 0.15) is 5.75 Å². The highest BCUT2D eigenvalue weighted by Gasteiger charge is 2.11. The number of benzene rings is 2. The van der Waals surface area contributed by atoms with Crippen LogP contribution in [0.1, 0.15) is 22.8 Å². The van der Waals surface area contributed by atoms with Crippen molar-refractivity contribution in [2.75, 3.05) is 0 Å². The molecule has 0 atom stereocenters. The van der Waals surface area contributed by atoms with E-state index >= 15 is 0 Å². The second-order valence-electron chi connectivity index (χ2n) is 4.34. The van der Waals surface area contributed by atoms with Crippen molar-refractivity contribution >= 4 is 12.0 Å². The predicted molar refractivity (Wildman–Crippen MR) is 78.5 cm³/mol. The van der Waals surface area contributed by atoms with Crippen LogP contribution in [0.3, 0.4) is 0 Å². The highest BCUT2D eigenvalue weighted by molar-refractivity contribution is 5.91. The standard InChI is InChI=1S/C16H13NO4/c1-12(17(19)20)11-14-9-5-6-10-15(14)21-16(18)13-7-3-2-4-8-13/h2-11H,1H3/b12-11+. The summed E-state index contributed by atoms with van der Waals surface area (Å²) in [7, 11) is 0. The third-order valence-corrected chi connectivity index (χ3v) is 2.78. The summed E-state index contributed by atoms with van der Waals surface area (Å²) in [5.74, 6) is -0.220. The van der Waals surface area contributed by atoms with Gasteiger partial charge in [-0.25, -0.2) is 4.79 Å². The zero-order valence-electron chi connectivity index (χ0n) is 11.4. The molecule has 0 bridgehead atoms. The lowest BCUT2D eigenvalue weighted by atomic mass is 10.1. The molecule has 0 saturated heterocycles. The maximum absolute atomic E-state index is 12.0. The Bertz CT molecular complexity index is 692. The summed E-state index contributed by atoms with van der Waals surface area (Å²) in [4.78, 5) is 22.2. The molecular weight excluding hydrogens is 270 g/mol. The Balaban J connectivity index is 2.27. The fourth-order valence-electron chi connectivity index (χ4n) is 1.70. The van der Waals surface area contributed by atoms with Crippen LogP contribution < -0.4 is 4.74 Å². The van der Waals surface area contributed by atoms with Gasteiger partial charge in [0, 0.05) is 18.6 Å². The number of carbonyl (C=O) groups excluding carboxylic acids is 1. The minimum atomic E-state index is -0.504. The number of ether oxygens (including phenoxy) is 1. The van der Waals surface area contributed by atoms with Gasteiger partial charge in [-0.2, -0.15) is 0 Å². The van der Waals surface area contributed by atoms with Crippen LogP contribution in [0.5, 0.6) is 5.75 Å². The smallest absolute Gasteiger partial charge is 0.343 e. The van der Waals surface area contributed by atoms with Crippen molar-refractivity contribution in [1.29, 1.82) is 0 Å². The van der Waals surface area contributed by atoms with E-state index in [1.807, 2.05) is 0 Å². The molecule has 21 heavy (non-hydrogen) atoms. The van der Waals surface area contributed by atoms with Crippen molar-refractivity contribution in [2.24, 2.45) is 0 Å². The lowest BCUT2D eigenvalue weighted by Gasteiger charge is -2.07. The number of nitrogens with zero attached hydrogens (tertiary/aromatic N) is 1. The molecule has 5 heteroatoms. The van der Waals surface area contributed by atoms with E-state index in [0.717, 1.165) is 0 Å². The topological polar surface area (TPSA) is 69.4 Å². The third-order valence-electron chi connectivity index (χ3n) is 2.78. The fourth-order valence-corrected chi connectivity index (χ4v) is 1.70. The van der Waals surface area contributed by atoms with Crippen LogP contribution in [-0.4, -0.2) is 10.9 Å². The van der Waals surface area contributed by atoms with Gasteiger partial charge in [-0.05, 0) is 18.2 Å². The Morgan fingerprint density at radius 2 is 1.71 bits per heavy atom. The quantitative estimate of drug-likeness (QED) is 0.372. The van der Waals surface area contributed by atoms with Crippen LogP contribution >= 0.6 is 0 Å². The molecule has 106 valence electrons. The molecule has 0 radical (unpaired) electrons. The summed E-state index contributed by atoms with van der Waals surface area (Å²) in [6, 6.07) is 15.2. The first-order chi connectivity index (χ1) is 10.1. The Morgan fingerprint density at radius 3 is 2.38 bits per heavy atom. The van der Waals surface area contributed by atoms with E-state index in [4.69, 9.17) is 4.74 Å². The maximum Gasteiger partial charge on any atom is 0.343 e. The molecule has 0 saturated carbocycles. The number of hydrogen-bond acceptors (Lipinski definition) is 4. The Hall–Kier alpha value is -2.95. The van der Waals surface area contributed by atoms with Crippen LogP contribution in [0.4, 0.5) is 0 Å². The van der Waals surface area contributed by atoms with Crippen LogP contribution in [0.15, 0.2) is 60.3 Å². The number of allylic oxidation sites excluding steroid dienone is 1. The van der Waals surface area contributed by atoms with E-state index in [1.165, 1.54) is 13.0 Å². The highest BCUT2D eigenvalue weighted by Crippen LogP contribution is 2.22. The van der Waals surface area contributed by atoms with Crippen LogP contribution in [0.2, 0.25) is 0 Å². The van der Waals surface area contributed by atoms with E-state index in [2.05, 4.69) is 0 Å². The molecule has 0 aliphatic heterocycles. The number of esters is 1. The summed E-state index contributed by atoms with van der Waals surface area (Å²) >= 11 is 0. The molecule has 0 aromatic heterocycles. The van der Waals surface area contributed by atoms with E-state index < -0.39 is 10.9 Å². The minimum absolute atomic E-state index is 0.0294. The average Bonchev–Trinajstić information content (AvgIpc) is 2.50. The molecule has 0 aliphatic rings. The van der Waals surface area contributed by atoms with Gasteiger partial charge in [0.15, 0.2) is 0 Å². The highest BCUT2D eigenvalue weighted by atomic mass is 16.6. The van der Waals surface area contributed by atoms with E-state index in [1.54, 1.807) is 54.6 Å². The summed E-state index contributed by atoms with van der Waals surface area (Å²) in [5.41, 5.74) is 0.872. The zero-order chi connectivity index (χ0) is 15.2. The molecule has 0 amide bonds. The molecule has 0 fully saturated rings. The number of carbonyl (C=O) groups is 1. The molecule has 2 rings (SSSR count). The monoisotopic (exact) mass is 283 g/mol. The number of rotatable bonds is 4. The fraction of sp³-hybridized carbons (Fsp3) is 0.0625. The van der Waals surface area contributed by atoms with Crippen molar-refractivity contribution in [3.63, 3.8) is 0 Å². The Labute approximate surface area is 121 Å². The predicted octanol–water partition coefficient (Wildman–Crippen LogP) is 3.54. The number of hydrogen-bond donors (Lipinski definition) is 0. The molecular formula is C16H13NO4. The van der Waals surface area contributed by atoms with Gasteiger partial charge in [-0.3, -0.25) is 10.1 Å². The SMILES string of the molecule is C/C(=C\c1ccccc1OC(=O)c1ccccc1)[N+](=O)[O-]. The normalized spacial score (nSPS) is 11.0. The molecule has 2 aromatic rings. The van der Waals surface area contributed by atoms with E-state index in [0.29, 0.717) is 11.1 Å². The molecule has 0 N–H and O–H groups in total. The van der Waals surface area contributed by atoms with Crippen LogP contribution in [0, 0.1) is 10.1 Å². The molecule has 0 unspecified atom stereocenters. The van der Waals surface area contributed by atoms with E-state index in [9.17, 15) is 14.9 Å². The number of nitro groups is 1. The summed E-state index contributed by atoms with van der Waals surface area (Å²) in [6.45, 7) is 1.38. The first-order valence-corrected chi connectivity index (χ1v) is 6.27. The molecule has 0 spiro atoms. The van der Waals surface area contributed by atoms with Gasteiger partial charge in [0.25, 0.3) is 0 Å². The second kappa shape index (κ2) is 6.47. The molecule has 2 aromatic carbocycles. The van der Waals surface area contributed by atoms with Gasteiger partial charge < -0.3 is 4.74 Å². The van der Waals surface area contributed by atoms with Gasteiger partial charge in [-0.1, -0.05) is 36.4 Å². The van der Waals surface area contributed by atoms with Crippen molar-refractivity contribution in [3.05, 3.63) is 81.5 Å². The maximum atomic E-state index is 12.0.